The summed E-state index contributed by atoms with van der Waals surface area (Å²) < 4.78 is 5.20. The van der Waals surface area contributed by atoms with Crippen LogP contribution in [0.5, 0.6) is 0 Å². The minimum Gasteiger partial charge on any atom is -0.478 e. The van der Waals surface area contributed by atoms with Gasteiger partial charge in [0.25, 0.3) is 5.69 Å². The van der Waals surface area contributed by atoms with Gasteiger partial charge >= 0.3 is 11.9 Å². The van der Waals surface area contributed by atoms with E-state index in [2.05, 4.69) is 0 Å². The Morgan fingerprint density at radius 3 is 2.26 bits per heavy atom. The molecule has 0 unspecified atom stereocenters. The number of benzene rings is 2. The molecule has 1 atom stereocenters. The molecule has 0 bridgehead atoms. The number of nitro benzene ring substituents is 1. The lowest BCUT2D eigenvalue weighted by Crippen LogP contribution is -2.14. The lowest BCUT2D eigenvalue weighted by atomic mass is 10.1. The van der Waals surface area contributed by atoms with Crippen LogP contribution >= 0.6 is 0 Å². The molecule has 0 saturated carbocycles. The van der Waals surface area contributed by atoms with Crippen molar-refractivity contribution in [3.8, 4) is 0 Å². The maximum absolute atomic E-state index is 12.2. The molecule has 7 nitrogen and oxygen atoms in total. The topological polar surface area (TPSA) is 107 Å². The maximum atomic E-state index is 12.2. The summed E-state index contributed by atoms with van der Waals surface area (Å²) in [4.78, 5) is 33.8. The Morgan fingerprint density at radius 2 is 1.65 bits per heavy atom. The molecule has 23 heavy (non-hydrogen) atoms. The predicted octanol–water partition coefficient (Wildman–Crippen LogP) is 3.21. The van der Waals surface area contributed by atoms with Crippen molar-refractivity contribution < 1.29 is 24.4 Å². The van der Waals surface area contributed by atoms with Gasteiger partial charge in [-0.1, -0.05) is 24.3 Å². The van der Waals surface area contributed by atoms with Crippen LogP contribution in [-0.4, -0.2) is 22.0 Å². The van der Waals surface area contributed by atoms with Gasteiger partial charge in [0, 0.05) is 6.07 Å². The first-order chi connectivity index (χ1) is 10.9. The average Bonchev–Trinajstić information content (AvgIpc) is 2.54. The minimum atomic E-state index is -1.25. The Bertz CT molecular complexity index is 771. The number of carbonyl (C=O) groups is 2. The summed E-state index contributed by atoms with van der Waals surface area (Å²) in [5.74, 6) is -2.11. The van der Waals surface area contributed by atoms with E-state index in [1.807, 2.05) is 0 Å². The van der Waals surface area contributed by atoms with Gasteiger partial charge in [-0.3, -0.25) is 10.1 Å². The van der Waals surface area contributed by atoms with Gasteiger partial charge in [-0.2, -0.15) is 0 Å². The average molecular weight is 315 g/mol. The largest absolute Gasteiger partial charge is 0.478 e. The highest BCUT2D eigenvalue weighted by Gasteiger charge is 2.24. The van der Waals surface area contributed by atoms with Crippen molar-refractivity contribution in [2.75, 3.05) is 0 Å². The fourth-order valence-electron chi connectivity index (χ4n) is 2.13. The number of rotatable bonds is 5. The van der Waals surface area contributed by atoms with E-state index in [1.54, 1.807) is 6.07 Å². The Morgan fingerprint density at radius 1 is 1.09 bits per heavy atom. The third-order valence-corrected chi connectivity index (χ3v) is 3.23. The number of nitrogens with zero attached hydrogens (tertiary/aromatic N) is 1. The summed E-state index contributed by atoms with van der Waals surface area (Å²) in [5.41, 5.74) is -0.226. The van der Waals surface area contributed by atoms with Gasteiger partial charge in [0.15, 0.2) is 0 Å². The number of ether oxygens (including phenoxy) is 1. The molecule has 118 valence electrons. The number of aromatic carboxylic acids is 1. The number of nitro groups is 1. The molecule has 0 aliphatic carbocycles. The Kier molecular flexibility index (Phi) is 4.70. The van der Waals surface area contributed by atoms with Crippen LogP contribution in [0.4, 0.5) is 5.69 Å². The Hall–Kier alpha value is -3.22. The van der Waals surface area contributed by atoms with Crippen LogP contribution in [0, 0.1) is 10.1 Å². The molecular weight excluding hydrogens is 302 g/mol. The van der Waals surface area contributed by atoms with Crippen LogP contribution in [0.3, 0.4) is 0 Å². The van der Waals surface area contributed by atoms with Gasteiger partial charge in [-0.15, -0.1) is 0 Å². The van der Waals surface area contributed by atoms with E-state index in [0.717, 1.165) is 0 Å². The number of esters is 1. The Balaban J connectivity index is 2.28. The van der Waals surface area contributed by atoms with Crippen LogP contribution in [0.25, 0.3) is 0 Å². The van der Waals surface area contributed by atoms with Crippen LogP contribution in [0.2, 0.25) is 0 Å². The molecule has 1 N–H and O–H groups in total. The van der Waals surface area contributed by atoms with Crippen LogP contribution < -0.4 is 0 Å². The second-order valence-corrected chi connectivity index (χ2v) is 4.71. The zero-order valence-corrected chi connectivity index (χ0v) is 12.1. The van der Waals surface area contributed by atoms with Crippen LogP contribution in [-0.2, 0) is 4.74 Å². The first-order valence-corrected chi connectivity index (χ1v) is 6.68. The van der Waals surface area contributed by atoms with E-state index in [-0.39, 0.29) is 22.4 Å². The smallest absolute Gasteiger partial charge is 0.339 e. The summed E-state index contributed by atoms with van der Waals surface area (Å²) in [5, 5.41) is 20.1. The molecule has 0 heterocycles. The number of carboxylic acid groups (broad SMARTS) is 1. The van der Waals surface area contributed by atoms with Crippen LogP contribution in [0.15, 0.2) is 48.5 Å². The molecule has 0 fully saturated rings. The van der Waals surface area contributed by atoms with Crippen molar-refractivity contribution in [3.63, 3.8) is 0 Å². The summed E-state index contributed by atoms with van der Waals surface area (Å²) in [6.45, 7) is 1.49. The second-order valence-electron chi connectivity index (χ2n) is 4.71. The lowest BCUT2D eigenvalue weighted by Gasteiger charge is -2.14. The van der Waals surface area contributed by atoms with Crippen molar-refractivity contribution in [3.05, 3.63) is 75.3 Å². The van der Waals surface area contributed by atoms with E-state index in [0.29, 0.717) is 0 Å². The quantitative estimate of drug-likeness (QED) is 0.516. The van der Waals surface area contributed by atoms with Gasteiger partial charge in [0.05, 0.1) is 21.6 Å². The highest BCUT2D eigenvalue weighted by Crippen LogP contribution is 2.28. The van der Waals surface area contributed by atoms with Crippen molar-refractivity contribution in [2.24, 2.45) is 0 Å². The number of carbonyl (C=O) groups excluding carboxylic acids is 1. The first kappa shape index (κ1) is 16.2. The van der Waals surface area contributed by atoms with E-state index in [9.17, 15) is 19.7 Å². The molecule has 2 rings (SSSR count). The van der Waals surface area contributed by atoms with Crippen molar-refractivity contribution in [2.45, 2.75) is 13.0 Å². The zero-order chi connectivity index (χ0) is 17.0. The van der Waals surface area contributed by atoms with E-state index < -0.39 is 23.0 Å². The van der Waals surface area contributed by atoms with Crippen molar-refractivity contribution in [1.29, 1.82) is 0 Å². The second kappa shape index (κ2) is 6.69. The van der Waals surface area contributed by atoms with E-state index >= 15 is 0 Å². The fraction of sp³-hybridized carbons (Fsp3) is 0.125. The minimum absolute atomic E-state index is 0.106. The van der Waals surface area contributed by atoms with E-state index in [4.69, 9.17) is 9.84 Å². The maximum Gasteiger partial charge on any atom is 0.339 e. The van der Waals surface area contributed by atoms with Crippen molar-refractivity contribution in [1.82, 2.24) is 0 Å². The third-order valence-electron chi connectivity index (χ3n) is 3.23. The standard InChI is InChI=1S/C16H13NO6/c1-10(11-6-4-5-9-14(11)17(21)22)23-16(20)13-8-3-2-7-12(13)15(18)19/h2-10H,1H3,(H,18,19)/t10-/m1/s1. The zero-order valence-electron chi connectivity index (χ0n) is 12.1. The first-order valence-electron chi connectivity index (χ1n) is 6.68. The summed E-state index contributed by atoms with van der Waals surface area (Å²) in [7, 11) is 0. The van der Waals surface area contributed by atoms with Gasteiger partial charge < -0.3 is 9.84 Å². The molecule has 2 aromatic carbocycles. The van der Waals surface area contributed by atoms with Crippen LogP contribution in [0.1, 0.15) is 39.3 Å². The molecule has 0 saturated heterocycles. The molecule has 0 amide bonds. The fourth-order valence-corrected chi connectivity index (χ4v) is 2.13. The summed E-state index contributed by atoms with van der Waals surface area (Å²) in [6, 6.07) is 11.5. The highest BCUT2D eigenvalue weighted by atomic mass is 16.6. The molecule has 0 aromatic heterocycles. The number of hydrogen-bond donors (Lipinski definition) is 1. The Labute approximate surface area is 131 Å². The van der Waals surface area contributed by atoms with Crippen molar-refractivity contribution >= 4 is 17.6 Å². The molecule has 2 aromatic rings. The summed E-state index contributed by atoms with van der Waals surface area (Å²) in [6.07, 6.45) is -0.897. The highest BCUT2D eigenvalue weighted by molar-refractivity contribution is 6.02. The summed E-state index contributed by atoms with van der Waals surface area (Å²) >= 11 is 0. The predicted molar refractivity (Wildman–Crippen MR) is 80.3 cm³/mol. The van der Waals surface area contributed by atoms with Gasteiger partial charge in [-0.05, 0) is 25.1 Å². The third kappa shape index (κ3) is 3.52. The lowest BCUT2D eigenvalue weighted by molar-refractivity contribution is -0.386. The molecule has 0 spiro atoms. The molecule has 7 heteroatoms. The number of para-hydroxylation sites is 1. The molecule has 0 radical (unpaired) electrons. The normalized spacial score (nSPS) is 11.5. The van der Waals surface area contributed by atoms with E-state index in [1.165, 1.54) is 49.4 Å². The SMILES string of the molecule is C[C@@H](OC(=O)c1ccccc1C(=O)O)c1ccccc1[N+](=O)[O-]. The van der Waals surface area contributed by atoms with Gasteiger partial charge in [0.1, 0.15) is 6.10 Å². The number of carboxylic acids is 1. The molecule has 0 aliphatic heterocycles. The monoisotopic (exact) mass is 315 g/mol. The van der Waals surface area contributed by atoms with Gasteiger partial charge in [0.2, 0.25) is 0 Å². The number of hydrogen-bond acceptors (Lipinski definition) is 5. The van der Waals surface area contributed by atoms with Gasteiger partial charge in [-0.25, -0.2) is 9.59 Å². The molecular formula is C16H13NO6. The molecule has 0 aliphatic rings.